The number of unbranched alkanes of at least 4 members (excludes halogenated alkanes) is 9. The highest BCUT2D eigenvalue weighted by Crippen LogP contribution is 2.26. The van der Waals surface area contributed by atoms with Crippen LogP contribution < -0.4 is 14.6 Å². The van der Waals surface area contributed by atoms with Crippen LogP contribution in [0, 0.1) is 0 Å². The monoisotopic (exact) mass is 445 g/mol. The molecule has 1 aromatic heterocycles. The molecular formula is C26H38ClN2O2+. The average Bonchev–Trinajstić information content (AvgIpc) is 2.77. The summed E-state index contributed by atoms with van der Waals surface area (Å²) in [6.45, 7) is 3.37. The summed E-state index contributed by atoms with van der Waals surface area (Å²) in [5.74, 6) is 0.600. The molecule has 0 unspecified atom stereocenters. The van der Waals surface area contributed by atoms with Gasteiger partial charge in [-0.15, -0.1) is 0 Å². The van der Waals surface area contributed by atoms with E-state index in [0.717, 1.165) is 12.0 Å². The number of halogens is 1. The molecule has 0 aliphatic heterocycles. The van der Waals surface area contributed by atoms with E-state index >= 15 is 0 Å². The van der Waals surface area contributed by atoms with Gasteiger partial charge < -0.3 is 10.1 Å². The molecule has 1 N–H and O–H groups in total. The van der Waals surface area contributed by atoms with Gasteiger partial charge in [-0.2, -0.15) is 4.57 Å². The van der Waals surface area contributed by atoms with Gasteiger partial charge in [-0.1, -0.05) is 82.4 Å². The quantitative estimate of drug-likeness (QED) is 0.255. The Morgan fingerprint density at radius 3 is 2.29 bits per heavy atom. The fraction of sp³-hybridized carbons (Fsp3) is 0.538. The zero-order chi connectivity index (χ0) is 22.3. The summed E-state index contributed by atoms with van der Waals surface area (Å²) < 4.78 is 7.65. The molecule has 1 aromatic carbocycles. The highest BCUT2D eigenvalue weighted by Gasteiger charge is 2.15. The van der Waals surface area contributed by atoms with Gasteiger partial charge in [0, 0.05) is 18.7 Å². The Kier molecular flexibility index (Phi) is 12.1. The van der Waals surface area contributed by atoms with Crippen LogP contribution in [0.25, 0.3) is 0 Å². The van der Waals surface area contributed by atoms with Gasteiger partial charge in [-0.3, -0.25) is 4.79 Å². The van der Waals surface area contributed by atoms with Crippen LogP contribution in [0.1, 0.15) is 87.2 Å². The third-order valence-corrected chi connectivity index (χ3v) is 5.79. The maximum absolute atomic E-state index is 12.3. The Bertz CT molecular complexity index is 795. The van der Waals surface area contributed by atoms with Crippen molar-refractivity contribution in [3.05, 3.63) is 58.9 Å². The first kappa shape index (κ1) is 25.2. The molecule has 0 saturated heterocycles. The topological polar surface area (TPSA) is 42.2 Å². The Hall–Kier alpha value is -2.07. The van der Waals surface area contributed by atoms with Crippen molar-refractivity contribution < 1.29 is 14.1 Å². The maximum atomic E-state index is 12.3. The van der Waals surface area contributed by atoms with E-state index in [0.29, 0.717) is 29.6 Å². The highest BCUT2D eigenvalue weighted by molar-refractivity contribution is 6.32. The van der Waals surface area contributed by atoms with Crippen LogP contribution in [-0.4, -0.2) is 12.5 Å². The number of ether oxygens (including phenoxy) is 1. The van der Waals surface area contributed by atoms with Crippen molar-refractivity contribution >= 4 is 17.5 Å². The molecule has 0 bridgehead atoms. The normalized spacial score (nSPS) is 10.8. The van der Waals surface area contributed by atoms with Crippen LogP contribution in [0.3, 0.4) is 0 Å². The lowest BCUT2D eigenvalue weighted by Gasteiger charge is -2.10. The van der Waals surface area contributed by atoms with Crippen LogP contribution in [0.5, 0.6) is 5.75 Å². The molecule has 0 radical (unpaired) electrons. The number of hydrogen-bond donors (Lipinski definition) is 1. The zero-order valence-corrected chi connectivity index (χ0v) is 19.9. The molecule has 31 heavy (non-hydrogen) atoms. The Morgan fingerprint density at radius 1 is 0.968 bits per heavy atom. The van der Waals surface area contributed by atoms with E-state index in [-0.39, 0.29) is 5.91 Å². The van der Waals surface area contributed by atoms with Gasteiger partial charge >= 0.3 is 5.91 Å². The van der Waals surface area contributed by atoms with Gasteiger partial charge in [-0.25, -0.2) is 0 Å². The first-order chi connectivity index (χ1) is 15.1. The van der Waals surface area contributed by atoms with Gasteiger partial charge in [0.1, 0.15) is 12.8 Å². The number of carbonyl (C=O) groups is 1. The second kappa shape index (κ2) is 14.9. The van der Waals surface area contributed by atoms with Gasteiger partial charge in [0.25, 0.3) is 5.69 Å². The second-order valence-electron chi connectivity index (χ2n) is 8.17. The maximum Gasteiger partial charge on any atom is 0.316 e. The molecule has 5 heteroatoms. The van der Waals surface area contributed by atoms with Crippen molar-refractivity contribution in [1.29, 1.82) is 0 Å². The largest absolute Gasteiger partial charge is 0.492 e. The van der Waals surface area contributed by atoms with E-state index in [4.69, 9.17) is 16.3 Å². The second-order valence-corrected chi connectivity index (χ2v) is 8.58. The smallest absolute Gasteiger partial charge is 0.316 e. The van der Waals surface area contributed by atoms with Crippen LogP contribution in [0.15, 0.2) is 42.6 Å². The SMILES string of the molecule is CCCCCCCCCCCCOc1ccc(CNC(=O)c2cccc[n+]2C)cc1Cl. The van der Waals surface area contributed by atoms with E-state index in [2.05, 4.69) is 12.2 Å². The Balaban J connectivity index is 1.61. The Morgan fingerprint density at radius 2 is 1.65 bits per heavy atom. The summed E-state index contributed by atoms with van der Waals surface area (Å²) in [7, 11) is 1.85. The molecule has 170 valence electrons. The lowest BCUT2D eigenvalue weighted by Crippen LogP contribution is -2.40. The van der Waals surface area contributed by atoms with Gasteiger partial charge in [0.2, 0.25) is 0 Å². The number of rotatable bonds is 15. The molecule has 0 saturated carbocycles. The van der Waals surface area contributed by atoms with Crippen molar-refractivity contribution in [2.75, 3.05) is 6.61 Å². The molecule has 0 aliphatic carbocycles. The van der Waals surface area contributed by atoms with Crippen LogP contribution in [0.4, 0.5) is 0 Å². The zero-order valence-electron chi connectivity index (χ0n) is 19.2. The molecule has 0 atom stereocenters. The van der Waals surface area contributed by atoms with Crippen molar-refractivity contribution in [3.63, 3.8) is 0 Å². The third kappa shape index (κ3) is 9.73. The summed E-state index contributed by atoms with van der Waals surface area (Å²) in [4.78, 5) is 12.3. The van der Waals surface area contributed by atoms with Gasteiger partial charge in [0.05, 0.1) is 11.6 Å². The lowest BCUT2D eigenvalue weighted by atomic mass is 10.1. The summed E-state index contributed by atoms with van der Waals surface area (Å²) in [5.41, 5.74) is 1.56. The third-order valence-electron chi connectivity index (χ3n) is 5.49. The fourth-order valence-electron chi connectivity index (χ4n) is 3.58. The molecule has 2 aromatic rings. The van der Waals surface area contributed by atoms with Crippen LogP contribution in [0.2, 0.25) is 5.02 Å². The fourth-order valence-corrected chi connectivity index (χ4v) is 3.83. The number of aryl methyl sites for hydroxylation is 1. The van der Waals surface area contributed by atoms with Crippen molar-refractivity contribution in [1.82, 2.24) is 5.32 Å². The first-order valence-electron chi connectivity index (χ1n) is 11.8. The number of pyridine rings is 1. The summed E-state index contributed by atoms with van der Waals surface area (Å²) in [6.07, 6.45) is 14.9. The lowest BCUT2D eigenvalue weighted by molar-refractivity contribution is -0.673. The number of hydrogen-bond acceptors (Lipinski definition) is 2. The number of nitrogens with zero attached hydrogens (tertiary/aromatic N) is 1. The minimum Gasteiger partial charge on any atom is -0.492 e. The number of aromatic nitrogens is 1. The van der Waals surface area contributed by atoms with Crippen LogP contribution >= 0.6 is 11.6 Å². The summed E-state index contributed by atoms with van der Waals surface area (Å²) >= 11 is 6.38. The molecule has 4 nitrogen and oxygen atoms in total. The predicted molar refractivity (Wildman–Crippen MR) is 128 cm³/mol. The molecule has 1 amide bonds. The molecule has 0 aliphatic rings. The average molecular weight is 446 g/mol. The van der Waals surface area contributed by atoms with E-state index in [1.165, 1.54) is 57.8 Å². The van der Waals surface area contributed by atoms with Gasteiger partial charge in [-0.05, 0) is 30.2 Å². The number of carbonyl (C=O) groups excluding carboxylic acids is 1. The highest BCUT2D eigenvalue weighted by atomic mass is 35.5. The molecular weight excluding hydrogens is 408 g/mol. The molecule has 1 heterocycles. The molecule has 0 spiro atoms. The molecule has 0 fully saturated rings. The van der Waals surface area contributed by atoms with E-state index < -0.39 is 0 Å². The number of benzene rings is 1. The predicted octanol–water partition coefficient (Wildman–Crippen LogP) is 6.39. The number of amides is 1. The van der Waals surface area contributed by atoms with Gasteiger partial charge in [0.15, 0.2) is 6.20 Å². The molecule has 2 rings (SSSR count). The standard InChI is InChI=1S/C26H37ClN2O2/c1-3-4-5-6-7-8-9-10-11-14-19-31-25-17-16-22(20-23(25)27)21-28-26(30)24-15-12-13-18-29(24)2/h12-13,15-18,20H,3-11,14,19,21H2,1-2H3/p+1. The minimum absolute atomic E-state index is 0.111. The minimum atomic E-state index is -0.111. The number of nitrogens with one attached hydrogen (secondary N) is 1. The van der Waals surface area contributed by atoms with Crippen LogP contribution in [-0.2, 0) is 13.6 Å². The van der Waals surface area contributed by atoms with E-state index in [1.54, 1.807) is 10.6 Å². The Labute approximate surface area is 193 Å². The van der Waals surface area contributed by atoms with E-state index in [1.807, 2.05) is 43.6 Å². The first-order valence-corrected chi connectivity index (χ1v) is 12.1. The van der Waals surface area contributed by atoms with Crippen molar-refractivity contribution in [2.24, 2.45) is 7.05 Å². The van der Waals surface area contributed by atoms with Crippen molar-refractivity contribution in [3.8, 4) is 5.75 Å². The summed E-state index contributed by atoms with van der Waals surface area (Å²) in [6, 6.07) is 11.2. The van der Waals surface area contributed by atoms with Crippen molar-refractivity contribution in [2.45, 2.75) is 77.7 Å². The van der Waals surface area contributed by atoms with E-state index in [9.17, 15) is 4.79 Å². The summed E-state index contributed by atoms with van der Waals surface area (Å²) in [5, 5.41) is 3.52.